The van der Waals surface area contributed by atoms with E-state index in [0.717, 1.165) is 40.9 Å². The first-order valence-electron chi connectivity index (χ1n) is 19.5. The SMILES string of the molecule is O=C1C(c2ccccc2)=CC(=O)C2(c3ccccc3)C1CC1C(=CCC3C(=O)N(c4ccc(N5CCOCC5)cc4)C(=O)C31)C2c1ccc(O)c2ccccc12. The average molecular weight is 741 g/mol. The summed E-state index contributed by atoms with van der Waals surface area (Å²) in [5.41, 5.74) is 3.63. The summed E-state index contributed by atoms with van der Waals surface area (Å²) in [7, 11) is 0. The van der Waals surface area contributed by atoms with Crippen LogP contribution in [0.5, 0.6) is 5.75 Å². The van der Waals surface area contributed by atoms with E-state index in [-0.39, 0.29) is 35.6 Å². The third-order valence-corrected chi connectivity index (χ3v) is 13.1. The van der Waals surface area contributed by atoms with Crippen molar-refractivity contribution in [2.45, 2.75) is 24.2 Å². The highest BCUT2D eigenvalue weighted by Gasteiger charge is 2.66. The zero-order chi connectivity index (χ0) is 38.1. The molecule has 6 atom stereocenters. The van der Waals surface area contributed by atoms with E-state index in [4.69, 9.17) is 4.74 Å². The minimum atomic E-state index is -1.35. The fourth-order valence-corrected chi connectivity index (χ4v) is 10.7. The Morgan fingerprint density at radius 2 is 1.34 bits per heavy atom. The number of carbonyl (C=O) groups excluding carboxylic acids is 4. The van der Waals surface area contributed by atoms with Crippen LogP contribution in [-0.2, 0) is 29.3 Å². The molecule has 5 aliphatic rings. The van der Waals surface area contributed by atoms with E-state index in [1.165, 1.54) is 11.0 Å². The van der Waals surface area contributed by atoms with Gasteiger partial charge in [0.05, 0.1) is 36.2 Å². The lowest BCUT2D eigenvalue weighted by atomic mass is 9.44. The van der Waals surface area contributed by atoms with Crippen molar-refractivity contribution in [1.29, 1.82) is 0 Å². The number of phenols is 1. The Morgan fingerprint density at radius 3 is 2.07 bits per heavy atom. The summed E-state index contributed by atoms with van der Waals surface area (Å²) in [6.45, 7) is 2.84. The number of imide groups is 1. The van der Waals surface area contributed by atoms with Gasteiger partial charge < -0.3 is 14.7 Å². The molecule has 2 aliphatic heterocycles. The molecule has 6 unspecified atom stereocenters. The highest BCUT2D eigenvalue weighted by Crippen LogP contribution is 2.64. The molecule has 0 aromatic heterocycles. The van der Waals surface area contributed by atoms with Crippen molar-refractivity contribution in [1.82, 2.24) is 0 Å². The van der Waals surface area contributed by atoms with Crippen LogP contribution < -0.4 is 9.80 Å². The normalized spacial score (nSPS) is 27.4. The number of morpholine rings is 1. The largest absolute Gasteiger partial charge is 0.507 e. The van der Waals surface area contributed by atoms with Gasteiger partial charge in [0.1, 0.15) is 5.75 Å². The summed E-state index contributed by atoms with van der Waals surface area (Å²) < 4.78 is 5.52. The van der Waals surface area contributed by atoms with E-state index >= 15 is 9.59 Å². The van der Waals surface area contributed by atoms with Crippen molar-refractivity contribution in [2.75, 3.05) is 36.1 Å². The number of phenolic OH excluding ortho intramolecular Hbond substituents is 1. The van der Waals surface area contributed by atoms with Crippen LogP contribution >= 0.6 is 0 Å². The van der Waals surface area contributed by atoms with Gasteiger partial charge in [-0.3, -0.25) is 24.1 Å². The fourth-order valence-electron chi connectivity index (χ4n) is 10.7. The third-order valence-electron chi connectivity index (χ3n) is 13.1. The maximum Gasteiger partial charge on any atom is 0.238 e. The van der Waals surface area contributed by atoms with Gasteiger partial charge in [-0.25, -0.2) is 0 Å². The van der Waals surface area contributed by atoms with Gasteiger partial charge in [0, 0.05) is 41.6 Å². The number of amides is 2. The number of allylic oxidation sites excluding steroid dienone is 4. The molecular formula is C48H40N2O6. The summed E-state index contributed by atoms with van der Waals surface area (Å²) in [5, 5.41) is 12.5. The standard InChI is InChI=1S/C48H40N2O6/c51-41-22-21-35(33-13-7-8-14-34(33)41)44-36-19-20-37-43(47(55)50(46(37)54)32-17-15-31(16-18-32)49-23-25-56-26-24-49)39(36)27-40-45(53)38(29-9-3-1-4-10-29)28-42(52)48(40,44)30-11-5-2-6-12-30/h1-19,21-22,28,37,39-40,43-44,51H,20,23-27H2. The number of ketones is 2. The van der Waals surface area contributed by atoms with Crippen molar-refractivity contribution in [2.24, 2.45) is 23.7 Å². The predicted octanol–water partition coefficient (Wildman–Crippen LogP) is 7.41. The number of anilines is 2. The number of benzene rings is 5. The van der Waals surface area contributed by atoms with Gasteiger partial charge in [0.25, 0.3) is 0 Å². The van der Waals surface area contributed by atoms with Gasteiger partial charge in [-0.1, -0.05) is 103 Å². The van der Waals surface area contributed by atoms with Crippen molar-refractivity contribution >= 4 is 51.1 Å². The fraction of sp³-hybridized carbons (Fsp3) is 0.250. The van der Waals surface area contributed by atoms with E-state index in [1.807, 2.05) is 115 Å². The summed E-state index contributed by atoms with van der Waals surface area (Å²) in [5.74, 6) is -4.05. The Labute approximate surface area is 324 Å². The molecule has 0 radical (unpaired) electrons. The summed E-state index contributed by atoms with van der Waals surface area (Å²) >= 11 is 0. The molecule has 0 spiro atoms. The minimum absolute atomic E-state index is 0.115. The van der Waals surface area contributed by atoms with Crippen LogP contribution in [0.15, 0.2) is 139 Å². The molecule has 0 bridgehead atoms. The first-order chi connectivity index (χ1) is 27.4. The Morgan fingerprint density at radius 1 is 0.679 bits per heavy atom. The number of hydrogen-bond acceptors (Lipinski definition) is 7. The molecule has 1 N–H and O–H groups in total. The van der Waals surface area contributed by atoms with Crippen molar-refractivity contribution in [3.8, 4) is 5.75 Å². The first-order valence-corrected chi connectivity index (χ1v) is 19.5. The highest BCUT2D eigenvalue weighted by atomic mass is 16.5. The maximum absolute atomic E-state index is 15.4. The number of carbonyl (C=O) groups is 4. The second-order valence-electron chi connectivity index (χ2n) is 15.6. The van der Waals surface area contributed by atoms with Crippen LogP contribution in [0.4, 0.5) is 11.4 Å². The number of ether oxygens (including phenoxy) is 1. The van der Waals surface area contributed by atoms with Gasteiger partial charge >= 0.3 is 0 Å². The summed E-state index contributed by atoms with van der Waals surface area (Å²) in [6.07, 6.45) is 4.18. The molecule has 1 saturated carbocycles. The van der Waals surface area contributed by atoms with E-state index in [0.29, 0.717) is 41.8 Å². The average Bonchev–Trinajstić information content (AvgIpc) is 3.51. The zero-order valence-corrected chi connectivity index (χ0v) is 30.7. The summed E-state index contributed by atoms with van der Waals surface area (Å²) in [6, 6.07) is 37.6. The van der Waals surface area contributed by atoms with Gasteiger partial charge in [0.2, 0.25) is 11.8 Å². The maximum atomic E-state index is 15.4. The predicted molar refractivity (Wildman–Crippen MR) is 214 cm³/mol. The van der Waals surface area contributed by atoms with E-state index in [2.05, 4.69) is 11.0 Å². The van der Waals surface area contributed by atoms with Crippen molar-refractivity contribution in [3.63, 3.8) is 0 Å². The van der Waals surface area contributed by atoms with Gasteiger partial charge in [-0.05, 0) is 77.2 Å². The quantitative estimate of drug-likeness (QED) is 0.148. The Balaban J connectivity index is 1.15. The molecule has 10 rings (SSSR count). The van der Waals surface area contributed by atoms with Gasteiger partial charge in [-0.2, -0.15) is 0 Å². The topological polar surface area (TPSA) is 104 Å². The zero-order valence-electron chi connectivity index (χ0n) is 30.7. The minimum Gasteiger partial charge on any atom is -0.507 e. The van der Waals surface area contributed by atoms with Crippen LogP contribution in [-0.4, -0.2) is 54.8 Å². The molecule has 278 valence electrons. The second kappa shape index (κ2) is 13.3. The van der Waals surface area contributed by atoms with Gasteiger partial charge in [-0.15, -0.1) is 0 Å². The molecule has 5 aromatic carbocycles. The second-order valence-corrected chi connectivity index (χ2v) is 15.6. The molecule has 3 fully saturated rings. The number of Topliss-reactive ketones (excluding diaryl/α,β-unsaturated/α-hetero) is 1. The van der Waals surface area contributed by atoms with Crippen LogP contribution in [0, 0.1) is 23.7 Å². The molecule has 8 heteroatoms. The van der Waals surface area contributed by atoms with Crippen LogP contribution in [0.1, 0.15) is 35.4 Å². The number of fused-ring (bicyclic) bond motifs is 5. The van der Waals surface area contributed by atoms with Crippen LogP contribution in [0.2, 0.25) is 0 Å². The van der Waals surface area contributed by atoms with Crippen molar-refractivity contribution < 1.29 is 29.0 Å². The molecular weight excluding hydrogens is 701 g/mol. The Hall–Kier alpha value is -6.12. The van der Waals surface area contributed by atoms with E-state index in [1.54, 1.807) is 6.07 Å². The van der Waals surface area contributed by atoms with Crippen molar-refractivity contribution in [3.05, 3.63) is 156 Å². The molecule has 2 amide bonds. The lowest BCUT2D eigenvalue weighted by Crippen LogP contribution is -2.58. The smallest absolute Gasteiger partial charge is 0.238 e. The third kappa shape index (κ3) is 5.01. The lowest BCUT2D eigenvalue weighted by molar-refractivity contribution is -0.134. The number of nitrogens with zero attached hydrogens (tertiary/aromatic N) is 2. The molecule has 56 heavy (non-hydrogen) atoms. The first kappa shape index (κ1) is 34.4. The van der Waals surface area contributed by atoms with E-state index in [9.17, 15) is 14.7 Å². The molecule has 5 aromatic rings. The Bertz CT molecular complexity index is 2490. The number of hydrogen-bond donors (Lipinski definition) is 1. The van der Waals surface area contributed by atoms with Crippen LogP contribution in [0.3, 0.4) is 0 Å². The number of rotatable bonds is 5. The number of aromatic hydroxyl groups is 1. The monoisotopic (exact) mass is 740 g/mol. The van der Waals surface area contributed by atoms with E-state index < -0.39 is 35.0 Å². The molecule has 2 saturated heterocycles. The van der Waals surface area contributed by atoms with Crippen LogP contribution in [0.25, 0.3) is 16.3 Å². The molecule has 2 heterocycles. The lowest BCUT2D eigenvalue weighted by Gasteiger charge is -2.55. The Kier molecular flexibility index (Phi) is 8.15. The van der Waals surface area contributed by atoms with Gasteiger partial charge in [0.15, 0.2) is 11.6 Å². The molecule has 3 aliphatic carbocycles. The molecule has 8 nitrogen and oxygen atoms in total. The highest BCUT2D eigenvalue weighted by molar-refractivity contribution is 6.32. The summed E-state index contributed by atoms with van der Waals surface area (Å²) in [4.78, 5) is 63.6.